The number of morpholine rings is 1. The number of likely N-dealkylation sites (N-methyl/N-ethyl adjacent to an activating group) is 1. The summed E-state index contributed by atoms with van der Waals surface area (Å²) in [5.41, 5.74) is 0. The zero-order chi connectivity index (χ0) is 13.7. The molecule has 6 heteroatoms. The Balaban J connectivity index is 1.62. The van der Waals surface area contributed by atoms with Gasteiger partial charge in [0.1, 0.15) is 0 Å². The SMILES string of the molecule is CN(CC(=O)NCC1CC1)CC(=O)N1CCOCC1. The predicted octanol–water partition coefficient (Wildman–Crippen LogP) is -0.697. The van der Waals surface area contributed by atoms with Crippen molar-refractivity contribution in [1.82, 2.24) is 15.1 Å². The molecule has 0 radical (unpaired) electrons. The lowest BCUT2D eigenvalue weighted by Gasteiger charge is -2.28. The molecule has 0 unspecified atom stereocenters. The van der Waals surface area contributed by atoms with Gasteiger partial charge in [0.15, 0.2) is 0 Å². The molecule has 1 aliphatic carbocycles. The molecular formula is C13H23N3O3. The summed E-state index contributed by atoms with van der Waals surface area (Å²) >= 11 is 0. The van der Waals surface area contributed by atoms with E-state index >= 15 is 0 Å². The summed E-state index contributed by atoms with van der Waals surface area (Å²) in [4.78, 5) is 27.2. The van der Waals surface area contributed by atoms with E-state index in [1.54, 1.807) is 16.8 Å². The van der Waals surface area contributed by atoms with Crippen molar-refractivity contribution in [2.75, 3.05) is 53.0 Å². The Bertz CT molecular complexity index is 325. The lowest BCUT2D eigenvalue weighted by atomic mass is 10.3. The van der Waals surface area contributed by atoms with Gasteiger partial charge in [-0.2, -0.15) is 0 Å². The van der Waals surface area contributed by atoms with Gasteiger partial charge in [-0.3, -0.25) is 14.5 Å². The molecule has 1 saturated carbocycles. The second-order valence-electron chi connectivity index (χ2n) is 5.41. The van der Waals surface area contributed by atoms with Crippen molar-refractivity contribution in [2.45, 2.75) is 12.8 Å². The monoisotopic (exact) mass is 269 g/mol. The van der Waals surface area contributed by atoms with Crippen LogP contribution in [-0.4, -0.2) is 74.6 Å². The van der Waals surface area contributed by atoms with Crippen molar-refractivity contribution < 1.29 is 14.3 Å². The van der Waals surface area contributed by atoms with Crippen LogP contribution in [0.4, 0.5) is 0 Å². The van der Waals surface area contributed by atoms with Crippen molar-refractivity contribution in [3.8, 4) is 0 Å². The summed E-state index contributed by atoms with van der Waals surface area (Å²) < 4.78 is 5.21. The van der Waals surface area contributed by atoms with Crippen LogP contribution in [0.5, 0.6) is 0 Å². The minimum Gasteiger partial charge on any atom is -0.378 e. The topological polar surface area (TPSA) is 61.9 Å². The molecule has 0 aromatic heterocycles. The third-order valence-electron chi connectivity index (χ3n) is 3.47. The van der Waals surface area contributed by atoms with E-state index in [2.05, 4.69) is 5.32 Å². The highest BCUT2D eigenvalue weighted by molar-refractivity contribution is 5.81. The zero-order valence-corrected chi connectivity index (χ0v) is 11.6. The van der Waals surface area contributed by atoms with Crippen LogP contribution in [0.25, 0.3) is 0 Å². The summed E-state index contributed by atoms with van der Waals surface area (Å²) in [5, 5.41) is 2.90. The first-order chi connectivity index (χ1) is 9.15. The molecule has 1 saturated heterocycles. The maximum absolute atomic E-state index is 12.0. The van der Waals surface area contributed by atoms with Crippen molar-refractivity contribution in [1.29, 1.82) is 0 Å². The van der Waals surface area contributed by atoms with Crippen LogP contribution in [0.15, 0.2) is 0 Å². The molecule has 108 valence electrons. The van der Waals surface area contributed by atoms with E-state index in [0.717, 1.165) is 6.54 Å². The molecule has 0 atom stereocenters. The summed E-state index contributed by atoms with van der Waals surface area (Å²) in [6.45, 7) is 3.87. The van der Waals surface area contributed by atoms with Gasteiger partial charge in [-0.1, -0.05) is 0 Å². The average molecular weight is 269 g/mol. The number of hydrogen-bond donors (Lipinski definition) is 1. The highest BCUT2D eigenvalue weighted by Gasteiger charge is 2.22. The van der Waals surface area contributed by atoms with Crippen LogP contribution in [0.3, 0.4) is 0 Å². The largest absolute Gasteiger partial charge is 0.378 e. The lowest BCUT2D eigenvalue weighted by molar-refractivity contribution is -0.136. The Kier molecular flexibility index (Phi) is 5.15. The molecule has 2 fully saturated rings. The van der Waals surface area contributed by atoms with Gasteiger partial charge >= 0.3 is 0 Å². The smallest absolute Gasteiger partial charge is 0.236 e. The molecule has 2 aliphatic rings. The average Bonchev–Trinajstić information content (AvgIpc) is 3.21. The van der Waals surface area contributed by atoms with Gasteiger partial charge in [-0.25, -0.2) is 0 Å². The van der Waals surface area contributed by atoms with Crippen LogP contribution in [0.2, 0.25) is 0 Å². The van der Waals surface area contributed by atoms with Gasteiger partial charge in [0.2, 0.25) is 11.8 Å². The molecule has 0 aromatic carbocycles. The molecule has 2 rings (SSSR count). The van der Waals surface area contributed by atoms with Crippen LogP contribution >= 0.6 is 0 Å². The Morgan fingerprint density at radius 1 is 1.26 bits per heavy atom. The van der Waals surface area contributed by atoms with Crippen molar-refractivity contribution in [3.63, 3.8) is 0 Å². The number of amides is 2. The molecule has 1 heterocycles. The van der Waals surface area contributed by atoms with Crippen LogP contribution in [-0.2, 0) is 14.3 Å². The van der Waals surface area contributed by atoms with Crippen LogP contribution < -0.4 is 5.32 Å². The first-order valence-electron chi connectivity index (χ1n) is 6.96. The fourth-order valence-corrected chi connectivity index (χ4v) is 2.08. The molecule has 2 amide bonds. The number of ether oxygens (including phenoxy) is 1. The van der Waals surface area contributed by atoms with Gasteiger partial charge in [0.05, 0.1) is 26.3 Å². The van der Waals surface area contributed by atoms with Crippen molar-refractivity contribution in [2.24, 2.45) is 5.92 Å². The molecule has 0 spiro atoms. The molecule has 1 aliphatic heterocycles. The van der Waals surface area contributed by atoms with E-state index in [4.69, 9.17) is 4.74 Å². The number of hydrogen-bond acceptors (Lipinski definition) is 4. The minimum absolute atomic E-state index is 0.00387. The molecular weight excluding hydrogens is 246 g/mol. The first-order valence-corrected chi connectivity index (χ1v) is 6.96. The van der Waals surface area contributed by atoms with E-state index in [1.807, 2.05) is 0 Å². The highest BCUT2D eigenvalue weighted by atomic mass is 16.5. The van der Waals surface area contributed by atoms with E-state index in [-0.39, 0.29) is 24.9 Å². The Morgan fingerprint density at radius 2 is 1.95 bits per heavy atom. The Labute approximate surface area is 114 Å². The second kappa shape index (κ2) is 6.86. The molecule has 1 N–H and O–H groups in total. The highest BCUT2D eigenvalue weighted by Crippen LogP contribution is 2.27. The number of nitrogens with one attached hydrogen (secondary N) is 1. The van der Waals surface area contributed by atoms with Gasteiger partial charge in [0.25, 0.3) is 0 Å². The third kappa shape index (κ3) is 5.16. The lowest BCUT2D eigenvalue weighted by Crippen LogP contribution is -2.46. The zero-order valence-electron chi connectivity index (χ0n) is 11.6. The second-order valence-corrected chi connectivity index (χ2v) is 5.41. The Morgan fingerprint density at radius 3 is 2.58 bits per heavy atom. The first kappa shape index (κ1) is 14.3. The molecule has 6 nitrogen and oxygen atoms in total. The molecule has 0 bridgehead atoms. The number of carbonyl (C=O) groups excluding carboxylic acids is 2. The predicted molar refractivity (Wildman–Crippen MR) is 70.6 cm³/mol. The Hall–Kier alpha value is -1.14. The van der Waals surface area contributed by atoms with E-state index in [0.29, 0.717) is 32.2 Å². The normalized spacial score (nSPS) is 19.6. The van der Waals surface area contributed by atoms with E-state index in [1.165, 1.54) is 12.8 Å². The summed E-state index contributed by atoms with van der Waals surface area (Å²) in [5.74, 6) is 0.759. The van der Waals surface area contributed by atoms with Gasteiger partial charge in [-0.15, -0.1) is 0 Å². The summed E-state index contributed by atoms with van der Waals surface area (Å²) in [6, 6.07) is 0. The fraction of sp³-hybridized carbons (Fsp3) is 0.846. The number of carbonyl (C=O) groups is 2. The van der Waals surface area contributed by atoms with Crippen molar-refractivity contribution >= 4 is 11.8 Å². The third-order valence-corrected chi connectivity index (χ3v) is 3.47. The fourth-order valence-electron chi connectivity index (χ4n) is 2.08. The van der Waals surface area contributed by atoms with E-state index < -0.39 is 0 Å². The van der Waals surface area contributed by atoms with Gasteiger partial charge in [-0.05, 0) is 25.8 Å². The minimum atomic E-state index is 0.00387. The van der Waals surface area contributed by atoms with Crippen LogP contribution in [0.1, 0.15) is 12.8 Å². The maximum atomic E-state index is 12.0. The standard InChI is InChI=1S/C13H23N3O3/c1-15(9-12(17)14-8-11-2-3-11)10-13(18)16-4-6-19-7-5-16/h11H,2-10H2,1H3,(H,14,17). The van der Waals surface area contributed by atoms with E-state index in [9.17, 15) is 9.59 Å². The van der Waals surface area contributed by atoms with Crippen molar-refractivity contribution in [3.05, 3.63) is 0 Å². The summed E-state index contributed by atoms with van der Waals surface area (Å²) in [7, 11) is 1.80. The molecule has 0 aromatic rings. The number of rotatable bonds is 6. The summed E-state index contributed by atoms with van der Waals surface area (Å²) in [6.07, 6.45) is 2.46. The van der Waals surface area contributed by atoms with Gasteiger partial charge < -0.3 is 15.0 Å². The maximum Gasteiger partial charge on any atom is 0.236 e. The quantitative estimate of drug-likeness (QED) is 0.693. The molecule has 19 heavy (non-hydrogen) atoms. The van der Waals surface area contributed by atoms with Gasteiger partial charge in [0, 0.05) is 19.6 Å². The number of nitrogens with zero attached hydrogens (tertiary/aromatic N) is 2. The van der Waals surface area contributed by atoms with Crippen LogP contribution in [0, 0.1) is 5.92 Å².